The fourth-order valence-electron chi connectivity index (χ4n) is 0.972. The summed E-state index contributed by atoms with van der Waals surface area (Å²) in [6.07, 6.45) is 0. The molecule has 0 saturated heterocycles. The van der Waals surface area contributed by atoms with Gasteiger partial charge in [-0.2, -0.15) is 0 Å². The summed E-state index contributed by atoms with van der Waals surface area (Å²) >= 11 is 5.77. The third-order valence-electron chi connectivity index (χ3n) is 1.48. The molecule has 0 aliphatic heterocycles. The zero-order valence-electron chi connectivity index (χ0n) is 7.01. The highest BCUT2D eigenvalue weighted by Crippen LogP contribution is 2.26. The molecule has 0 N–H and O–H groups in total. The number of hydrogen-bond donors (Lipinski definition) is 0. The van der Waals surface area contributed by atoms with Crippen LogP contribution in [0.25, 0.3) is 5.03 Å². The van der Waals surface area contributed by atoms with Gasteiger partial charge in [0.15, 0.2) is 0 Å². The van der Waals surface area contributed by atoms with E-state index in [1.54, 1.807) is 0 Å². The molecular weight excluding hydrogens is 172 g/mol. The van der Waals surface area contributed by atoms with E-state index in [1.807, 2.05) is 31.2 Å². The Bertz CT molecular complexity index is 281. The van der Waals surface area contributed by atoms with E-state index in [2.05, 4.69) is 6.58 Å². The SMILES string of the molecule is C=C(Cl)c1ccccc1OCC. The molecule has 1 aromatic rings. The van der Waals surface area contributed by atoms with Crippen LogP contribution in [0.3, 0.4) is 0 Å². The third-order valence-corrected chi connectivity index (χ3v) is 1.68. The highest BCUT2D eigenvalue weighted by atomic mass is 35.5. The monoisotopic (exact) mass is 182 g/mol. The number of ether oxygens (including phenoxy) is 1. The lowest BCUT2D eigenvalue weighted by Crippen LogP contribution is -1.93. The Kier molecular flexibility index (Phi) is 3.18. The number of hydrogen-bond acceptors (Lipinski definition) is 1. The summed E-state index contributed by atoms with van der Waals surface area (Å²) in [5, 5.41) is 0.513. The predicted molar refractivity (Wildman–Crippen MR) is 52.5 cm³/mol. The molecule has 0 saturated carbocycles. The van der Waals surface area contributed by atoms with E-state index in [0.29, 0.717) is 11.6 Å². The van der Waals surface area contributed by atoms with E-state index in [4.69, 9.17) is 16.3 Å². The van der Waals surface area contributed by atoms with Gasteiger partial charge in [-0.15, -0.1) is 0 Å². The summed E-state index contributed by atoms with van der Waals surface area (Å²) in [4.78, 5) is 0. The first-order valence-electron chi connectivity index (χ1n) is 3.82. The van der Waals surface area contributed by atoms with E-state index in [1.165, 1.54) is 0 Å². The summed E-state index contributed by atoms with van der Waals surface area (Å²) in [6, 6.07) is 7.59. The molecule has 64 valence electrons. The number of rotatable bonds is 3. The molecule has 0 radical (unpaired) electrons. The zero-order valence-corrected chi connectivity index (χ0v) is 7.77. The molecule has 0 aliphatic rings. The third kappa shape index (κ3) is 2.02. The van der Waals surface area contributed by atoms with Crippen molar-refractivity contribution in [3.8, 4) is 5.75 Å². The minimum atomic E-state index is 0.513. The lowest BCUT2D eigenvalue weighted by Gasteiger charge is -2.07. The summed E-state index contributed by atoms with van der Waals surface area (Å²) in [7, 11) is 0. The zero-order chi connectivity index (χ0) is 8.97. The highest BCUT2D eigenvalue weighted by Gasteiger charge is 2.02. The molecule has 0 unspecified atom stereocenters. The van der Waals surface area contributed by atoms with E-state index in [-0.39, 0.29) is 0 Å². The average Bonchev–Trinajstić information content (AvgIpc) is 2.05. The minimum absolute atomic E-state index is 0.513. The summed E-state index contributed by atoms with van der Waals surface area (Å²) in [5.74, 6) is 0.792. The van der Waals surface area contributed by atoms with Crippen LogP contribution in [-0.4, -0.2) is 6.61 Å². The van der Waals surface area contributed by atoms with Crippen LogP contribution in [0, 0.1) is 0 Å². The number of halogens is 1. The van der Waals surface area contributed by atoms with Gasteiger partial charge >= 0.3 is 0 Å². The Morgan fingerprint density at radius 2 is 2.17 bits per heavy atom. The van der Waals surface area contributed by atoms with Crippen molar-refractivity contribution in [2.24, 2.45) is 0 Å². The molecule has 1 rings (SSSR count). The number of para-hydroxylation sites is 1. The Morgan fingerprint density at radius 3 is 2.75 bits per heavy atom. The van der Waals surface area contributed by atoms with E-state index in [9.17, 15) is 0 Å². The van der Waals surface area contributed by atoms with Gasteiger partial charge in [0.1, 0.15) is 5.75 Å². The van der Waals surface area contributed by atoms with Crippen LogP contribution >= 0.6 is 11.6 Å². The van der Waals surface area contributed by atoms with E-state index in [0.717, 1.165) is 11.3 Å². The molecule has 12 heavy (non-hydrogen) atoms. The Balaban J connectivity index is 3.00. The van der Waals surface area contributed by atoms with Crippen molar-refractivity contribution in [3.63, 3.8) is 0 Å². The minimum Gasteiger partial charge on any atom is -0.493 e. The molecule has 0 atom stereocenters. The van der Waals surface area contributed by atoms with Gasteiger partial charge in [0, 0.05) is 10.6 Å². The van der Waals surface area contributed by atoms with Crippen LogP contribution in [0.4, 0.5) is 0 Å². The lowest BCUT2D eigenvalue weighted by molar-refractivity contribution is 0.339. The second-order valence-corrected chi connectivity index (χ2v) is 2.79. The molecule has 0 amide bonds. The van der Waals surface area contributed by atoms with Gasteiger partial charge in [0.05, 0.1) is 6.61 Å². The largest absolute Gasteiger partial charge is 0.493 e. The molecule has 0 aliphatic carbocycles. The van der Waals surface area contributed by atoms with Crippen molar-refractivity contribution >= 4 is 16.6 Å². The van der Waals surface area contributed by atoms with Crippen molar-refractivity contribution in [3.05, 3.63) is 36.4 Å². The van der Waals surface area contributed by atoms with Gasteiger partial charge in [0.25, 0.3) is 0 Å². The van der Waals surface area contributed by atoms with Gasteiger partial charge < -0.3 is 4.74 Å². The lowest BCUT2D eigenvalue weighted by atomic mass is 10.2. The standard InChI is InChI=1S/C10H11ClO/c1-3-12-10-7-5-4-6-9(10)8(2)11/h4-7H,2-3H2,1H3. The average molecular weight is 183 g/mol. The van der Waals surface area contributed by atoms with E-state index >= 15 is 0 Å². The Morgan fingerprint density at radius 1 is 1.50 bits per heavy atom. The van der Waals surface area contributed by atoms with Gasteiger partial charge in [-0.3, -0.25) is 0 Å². The van der Waals surface area contributed by atoms with Crippen molar-refractivity contribution in [2.75, 3.05) is 6.61 Å². The molecule has 1 aromatic carbocycles. The van der Waals surface area contributed by atoms with Gasteiger partial charge in [0.2, 0.25) is 0 Å². The summed E-state index contributed by atoms with van der Waals surface area (Å²) in [5.41, 5.74) is 0.862. The maximum atomic E-state index is 5.77. The van der Waals surface area contributed by atoms with Crippen molar-refractivity contribution < 1.29 is 4.74 Å². The van der Waals surface area contributed by atoms with Crippen LogP contribution in [0.15, 0.2) is 30.8 Å². The molecule has 2 heteroatoms. The second-order valence-electron chi connectivity index (χ2n) is 2.33. The van der Waals surface area contributed by atoms with Crippen LogP contribution < -0.4 is 4.74 Å². The molecule has 0 spiro atoms. The molecular formula is C10H11ClO. The molecule has 1 nitrogen and oxygen atoms in total. The van der Waals surface area contributed by atoms with Crippen molar-refractivity contribution in [1.82, 2.24) is 0 Å². The molecule has 0 fully saturated rings. The quantitative estimate of drug-likeness (QED) is 0.697. The Hall–Kier alpha value is -0.950. The maximum absolute atomic E-state index is 5.77. The van der Waals surface area contributed by atoms with Crippen LogP contribution in [0.5, 0.6) is 5.75 Å². The highest BCUT2D eigenvalue weighted by molar-refractivity contribution is 6.48. The first-order valence-corrected chi connectivity index (χ1v) is 4.20. The predicted octanol–water partition coefficient (Wildman–Crippen LogP) is 3.29. The fourth-order valence-corrected chi connectivity index (χ4v) is 1.13. The van der Waals surface area contributed by atoms with Crippen molar-refractivity contribution in [1.29, 1.82) is 0 Å². The smallest absolute Gasteiger partial charge is 0.127 e. The Labute approximate surface area is 77.6 Å². The second kappa shape index (κ2) is 4.17. The van der Waals surface area contributed by atoms with Crippen LogP contribution in [0.2, 0.25) is 0 Å². The van der Waals surface area contributed by atoms with Gasteiger partial charge in [-0.25, -0.2) is 0 Å². The first kappa shape index (κ1) is 9.14. The van der Waals surface area contributed by atoms with E-state index < -0.39 is 0 Å². The molecule has 0 aromatic heterocycles. The normalized spacial score (nSPS) is 9.50. The van der Waals surface area contributed by atoms with Gasteiger partial charge in [-0.05, 0) is 19.1 Å². The fraction of sp³-hybridized carbons (Fsp3) is 0.200. The van der Waals surface area contributed by atoms with Gasteiger partial charge in [-0.1, -0.05) is 30.3 Å². The van der Waals surface area contributed by atoms with Crippen LogP contribution in [0.1, 0.15) is 12.5 Å². The first-order chi connectivity index (χ1) is 5.75. The molecule has 0 heterocycles. The topological polar surface area (TPSA) is 9.23 Å². The maximum Gasteiger partial charge on any atom is 0.127 e. The van der Waals surface area contributed by atoms with Crippen LogP contribution in [-0.2, 0) is 0 Å². The molecule has 0 bridgehead atoms. The summed E-state index contributed by atoms with van der Waals surface area (Å²) in [6.45, 7) is 6.23. The summed E-state index contributed by atoms with van der Waals surface area (Å²) < 4.78 is 5.35. The number of benzene rings is 1. The van der Waals surface area contributed by atoms with Crippen molar-refractivity contribution in [2.45, 2.75) is 6.92 Å².